The van der Waals surface area contributed by atoms with Gasteiger partial charge in [0.05, 0.1) is 7.11 Å². The SMILES string of the molecule is COc1ccc(CNCCCNC(=O)c2cccc(Br)c2)cc1O. The van der Waals surface area contributed by atoms with E-state index in [1.807, 2.05) is 18.2 Å². The molecule has 2 aromatic rings. The van der Waals surface area contributed by atoms with Gasteiger partial charge in [-0.05, 0) is 48.9 Å². The van der Waals surface area contributed by atoms with Gasteiger partial charge in [-0.25, -0.2) is 0 Å². The molecule has 0 aromatic heterocycles. The molecular weight excluding hydrogens is 372 g/mol. The smallest absolute Gasteiger partial charge is 0.251 e. The Morgan fingerprint density at radius 1 is 1.21 bits per heavy atom. The molecule has 0 saturated heterocycles. The standard InChI is InChI=1S/C18H21BrN2O3/c1-24-17-7-6-13(10-16(17)22)12-20-8-3-9-21-18(23)14-4-2-5-15(19)11-14/h2,4-7,10-11,20,22H,3,8-9,12H2,1H3,(H,21,23). The van der Waals surface area contributed by atoms with E-state index < -0.39 is 0 Å². The Hall–Kier alpha value is -2.05. The first-order chi connectivity index (χ1) is 11.6. The summed E-state index contributed by atoms with van der Waals surface area (Å²) in [6.07, 6.45) is 0.821. The van der Waals surface area contributed by atoms with Crippen LogP contribution in [0.3, 0.4) is 0 Å². The fraction of sp³-hybridized carbons (Fsp3) is 0.278. The second-order valence-electron chi connectivity index (χ2n) is 5.30. The lowest BCUT2D eigenvalue weighted by molar-refractivity contribution is 0.0953. The number of halogens is 1. The minimum absolute atomic E-state index is 0.0728. The van der Waals surface area contributed by atoms with E-state index in [0.717, 1.165) is 23.0 Å². The van der Waals surface area contributed by atoms with Crippen molar-refractivity contribution < 1.29 is 14.6 Å². The van der Waals surface area contributed by atoms with E-state index in [0.29, 0.717) is 24.4 Å². The van der Waals surface area contributed by atoms with Crippen molar-refractivity contribution in [3.63, 3.8) is 0 Å². The molecule has 0 heterocycles. The van der Waals surface area contributed by atoms with Gasteiger partial charge in [-0.2, -0.15) is 0 Å². The first-order valence-electron chi connectivity index (χ1n) is 7.70. The van der Waals surface area contributed by atoms with Crippen molar-refractivity contribution >= 4 is 21.8 Å². The van der Waals surface area contributed by atoms with E-state index in [9.17, 15) is 9.90 Å². The van der Waals surface area contributed by atoms with Gasteiger partial charge in [0.2, 0.25) is 0 Å². The Bertz CT molecular complexity index is 692. The summed E-state index contributed by atoms with van der Waals surface area (Å²) in [5.74, 6) is 0.531. The molecule has 2 aromatic carbocycles. The second kappa shape index (κ2) is 9.30. The number of methoxy groups -OCH3 is 1. The zero-order valence-corrected chi connectivity index (χ0v) is 15.1. The van der Waals surface area contributed by atoms with Crippen molar-refractivity contribution in [2.75, 3.05) is 20.2 Å². The number of carbonyl (C=O) groups excluding carboxylic acids is 1. The van der Waals surface area contributed by atoms with Gasteiger partial charge in [0.25, 0.3) is 5.91 Å². The lowest BCUT2D eigenvalue weighted by Gasteiger charge is -2.08. The van der Waals surface area contributed by atoms with Crippen LogP contribution in [0.5, 0.6) is 11.5 Å². The second-order valence-corrected chi connectivity index (χ2v) is 6.22. The van der Waals surface area contributed by atoms with Crippen molar-refractivity contribution in [1.82, 2.24) is 10.6 Å². The van der Waals surface area contributed by atoms with Gasteiger partial charge in [-0.15, -0.1) is 0 Å². The largest absolute Gasteiger partial charge is 0.504 e. The van der Waals surface area contributed by atoms with Crippen molar-refractivity contribution in [3.8, 4) is 11.5 Å². The molecule has 0 saturated carbocycles. The Morgan fingerprint density at radius 2 is 2.04 bits per heavy atom. The summed E-state index contributed by atoms with van der Waals surface area (Å²) in [4.78, 5) is 12.0. The van der Waals surface area contributed by atoms with Gasteiger partial charge in [0.15, 0.2) is 11.5 Å². The van der Waals surface area contributed by atoms with Gasteiger partial charge in [-0.3, -0.25) is 4.79 Å². The van der Waals surface area contributed by atoms with Crippen LogP contribution in [0.1, 0.15) is 22.3 Å². The molecule has 24 heavy (non-hydrogen) atoms. The summed E-state index contributed by atoms with van der Waals surface area (Å²) in [5, 5.41) is 15.9. The number of benzene rings is 2. The van der Waals surface area contributed by atoms with Crippen LogP contribution in [-0.4, -0.2) is 31.2 Å². The Labute approximate surface area is 150 Å². The van der Waals surface area contributed by atoms with Crippen molar-refractivity contribution in [1.29, 1.82) is 0 Å². The Kier molecular flexibility index (Phi) is 7.08. The highest BCUT2D eigenvalue weighted by Gasteiger charge is 2.05. The van der Waals surface area contributed by atoms with E-state index >= 15 is 0 Å². The number of carbonyl (C=O) groups is 1. The van der Waals surface area contributed by atoms with Crippen LogP contribution in [0.4, 0.5) is 0 Å². The number of rotatable bonds is 8. The highest BCUT2D eigenvalue weighted by atomic mass is 79.9. The summed E-state index contributed by atoms with van der Waals surface area (Å²) in [6.45, 7) is 2.02. The molecule has 3 N–H and O–H groups in total. The summed E-state index contributed by atoms with van der Waals surface area (Å²) < 4.78 is 5.90. The normalized spacial score (nSPS) is 10.4. The van der Waals surface area contributed by atoms with Crippen molar-refractivity contribution in [2.24, 2.45) is 0 Å². The maximum Gasteiger partial charge on any atom is 0.251 e. The summed E-state index contributed by atoms with van der Waals surface area (Å²) >= 11 is 3.35. The van der Waals surface area contributed by atoms with E-state index in [2.05, 4.69) is 26.6 Å². The summed E-state index contributed by atoms with van der Waals surface area (Å²) in [6, 6.07) is 12.6. The maximum absolute atomic E-state index is 12.0. The third kappa shape index (κ3) is 5.54. The number of phenols is 1. The lowest BCUT2D eigenvalue weighted by atomic mass is 10.2. The first kappa shape index (κ1) is 18.3. The molecule has 0 fully saturated rings. The van der Waals surface area contributed by atoms with Gasteiger partial charge in [-0.1, -0.05) is 28.1 Å². The van der Waals surface area contributed by atoms with Gasteiger partial charge in [0, 0.05) is 23.1 Å². The fourth-order valence-corrected chi connectivity index (χ4v) is 2.62. The van der Waals surface area contributed by atoms with E-state index in [1.54, 1.807) is 24.3 Å². The van der Waals surface area contributed by atoms with E-state index in [4.69, 9.17) is 4.74 Å². The van der Waals surface area contributed by atoms with Crippen LogP contribution < -0.4 is 15.4 Å². The van der Waals surface area contributed by atoms with Crippen LogP contribution >= 0.6 is 15.9 Å². The summed E-state index contributed by atoms with van der Waals surface area (Å²) in [7, 11) is 1.52. The molecule has 0 atom stereocenters. The van der Waals surface area contributed by atoms with Crippen LogP contribution in [-0.2, 0) is 6.54 Å². The number of hydrogen-bond acceptors (Lipinski definition) is 4. The lowest BCUT2D eigenvalue weighted by Crippen LogP contribution is -2.27. The highest BCUT2D eigenvalue weighted by Crippen LogP contribution is 2.25. The predicted molar refractivity (Wildman–Crippen MR) is 97.5 cm³/mol. The Morgan fingerprint density at radius 3 is 2.75 bits per heavy atom. The van der Waals surface area contributed by atoms with Crippen molar-refractivity contribution in [3.05, 3.63) is 58.1 Å². The van der Waals surface area contributed by atoms with Crippen LogP contribution in [0, 0.1) is 0 Å². The van der Waals surface area contributed by atoms with Gasteiger partial charge >= 0.3 is 0 Å². The molecule has 2 rings (SSSR count). The first-order valence-corrected chi connectivity index (χ1v) is 8.50. The molecule has 5 nitrogen and oxygen atoms in total. The topological polar surface area (TPSA) is 70.6 Å². The van der Waals surface area contributed by atoms with Gasteiger partial charge < -0.3 is 20.5 Å². The number of amides is 1. The quantitative estimate of drug-likeness (QED) is 0.603. The van der Waals surface area contributed by atoms with Crippen molar-refractivity contribution in [2.45, 2.75) is 13.0 Å². The predicted octanol–water partition coefficient (Wildman–Crippen LogP) is 3.07. The molecule has 128 valence electrons. The van der Waals surface area contributed by atoms with E-state index in [-0.39, 0.29) is 11.7 Å². The number of ether oxygens (including phenoxy) is 1. The molecule has 0 aliphatic carbocycles. The molecule has 0 aliphatic rings. The average Bonchev–Trinajstić information content (AvgIpc) is 2.58. The third-order valence-electron chi connectivity index (χ3n) is 3.48. The minimum Gasteiger partial charge on any atom is -0.504 e. The van der Waals surface area contributed by atoms with Gasteiger partial charge in [0.1, 0.15) is 0 Å². The molecule has 0 radical (unpaired) electrons. The maximum atomic E-state index is 12.0. The third-order valence-corrected chi connectivity index (χ3v) is 3.97. The molecule has 0 spiro atoms. The number of aromatic hydroxyl groups is 1. The van der Waals surface area contributed by atoms with Crippen LogP contribution in [0.15, 0.2) is 46.9 Å². The molecular formula is C18H21BrN2O3. The highest BCUT2D eigenvalue weighted by molar-refractivity contribution is 9.10. The summed E-state index contributed by atoms with van der Waals surface area (Å²) in [5.41, 5.74) is 1.62. The molecule has 1 amide bonds. The molecule has 6 heteroatoms. The fourth-order valence-electron chi connectivity index (χ4n) is 2.23. The molecule has 0 bridgehead atoms. The Balaban J connectivity index is 1.65. The number of hydrogen-bond donors (Lipinski definition) is 3. The molecule has 0 aliphatic heterocycles. The number of nitrogens with one attached hydrogen (secondary N) is 2. The van der Waals surface area contributed by atoms with Crippen LogP contribution in [0.25, 0.3) is 0 Å². The number of phenolic OH excluding ortho intramolecular Hbond substituents is 1. The zero-order chi connectivity index (χ0) is 17.4. The monoisotopic (exact) mass is 392 g/mol. The minimum atomic E-state index is -0.0728. The average molecular weight is 393 g/mol. The van der Waals surface area contributed by atoms with E-state index in [1.165, 1.54) is 7.11 Å². The zero-order valence-electron chi connectivity index (χ0n) is 13.5. The molecule has 0 unspecified atom stereocenters. The van der Waals surface area contributed by atoms with Crippen LogP contribution in [0.2, 0.25) is 0 Å².